The maximum Gasteiger partial charge on any atom is -0.0125 e. The molecule has 0 saturated heterocycles. The van der Waals surface area contributed by atoms with Crippen molar-refractivity contribution in [3.05, 3.63) is 392 Å². The van der Waals surface area contributed by atoms with Gasteiger partial charge in [-0.15, -0.1) is 139 Å². The quantitative estimate of drug-likeness (QED) is 0.0629. The van der Waals surface area contributed by atoms with Gasteiger partial charge in [-0.05, 0) is 367 Å². The lowest BCUT2D eigenvalue weighted by molar-refractivity contribution is 1.28. The fourth-order valence-electron chi connectivity index (χ4n) is 15.5. The van der Waals surface area contributed by atoms with Crippen molar-refractivity contribution in [3.63, 3.8) is 0 Å². The van der Waals surface area contributed by atoms with Gasteiger partial charge in [-0.3, -0.25) is 0 Å². The van der Waals surface area contributed by atoms with Gasteiger partial charge in [-0.2, -0.15) is 0 Å². The molecule has 0 aliphatic carbocycles. The summed E-state index contributed by atoms with van der Waals surface area (Å²) in [5.41, 5.74) is 49.1. The highest BCUT2D eigenvalue weighted by Gasteiger charge is 2.15. The van der Waals surface area contributed by atoms with E-state index in [1.54, 1.807) is 0 Å². The summed E-state index contributed by atoms with van der Waals surface area (Å²) in [4.78, 5) is 0. The van der Waals surface area contributed by atoms with Gasteiger partial charge in [0.2, 0.25) is 0 Å². The maximum absolute atomic E-state index is 2.86. The maximum atomic E-state index is 2.86. The largest absolute Gasteiger partial charge is 0.133 e. The molecule has 15 aromatic rings. The molecule has 0 spiro atoms. The Morgan fingerprint density at radius 1 is 0.156 bits per heavy atom. The van der Waals surface area contributed by atoms with Crippen molar-refractivity contribution in [1.29, 1.82) is 0 Å². The first-order valence-corrected chi connectivity index (χ1v) is 52.7. The van der Waals surface area contributed by atoms with Gasteiger partial charge >= 0.3 is 0 Å². The second-order valence-electron chi connectivity index (χ2n) is 31.0. The minimum absolute atomic E-state index is 0.991. The molecule has 15 heteroatoms. The van der Waals surface area contributed by atoms with Gasteiger partial charge in [-0.1, -0.05) is 267 Å². The lowest BCUT2D eigenvalue weighted by Gasteiger charge is -2.14. The average Bonchev–Trinajstić information content (AvgIpc) is 0.811. The van der Waals surface area contributed by atoms with Crippen LogP contribution in [0.25, 0.3) is 111 Å². The van der Waals surface area contributed by atoms with Gasteiger partial charge in [-0.25, -0.2) is 0 Å². The monoisotopic (exact) mass is 1870 g/mol. The molecule has 15 unspecified atom stereocenters. The molecule has 0 amide bonds. The lowest BCUT2D eigenvalue weighted by atomic mass is 9.92. The predicted molar refractivity (Wildman–Crippen MR) is 600 cm³/mol. The molecule has 0 saturated carbocycles. The van der Waals surface area contributed by atoms with Crippen LogP contribution in [0, 0.1) is 41.5 Å². The third-order valence-corrected chi connectivity index (χ3v) is 29.2. The Labute approximate surface area is 765 Å². The van der Waals surface area contributed by atoms with Crippen LogP contribution in [0.3, 0.4) is 0 Å². The zero-order chi connectivity index (χ0) is 87.1. The summed E-state index contributed by atoms with van der Waals surface area (Å²) in [5, 5.41) is 4.92. The van der Waals surface area contributed by atoms with Gasteiger partial charge in [0.05, 0.1) is 0 Å². The first-order valence-electron chi connectivity index (χ1n) is 41.4. The molecule has 15 aromatic carbocycles. The van der Waals surface area contributed by atoms with Gasteiger partial charge in [0.15, 0.2) is 0 Å². The molecule has 0 aromatic heterocycles. The highest BCUT2D eigenvalue weighted by molar-refractivity contribution is 7.28. The smallest absolute Gasteiger partial charge is 0.0125 e. The molecule has 122 heavy (non-hydrogen) atoms. The topological polar surface area (TPSA) is 0 Å². The minimum Gasteiger partial charge on any atom is -0.133 e. The van der Waals surface area contributed by atoms with Crippen molar-refractivity contribution in [2.45, 2.75) is 109 Å². The summed E-state index contributed by atoms with van der Waals surface area (Å²) in [6, 6.07) is 110. The minimum atomic E-state index is 0.991. The van der Waals surface area contributed by atoms with E-state index in [4.69, 9.17) is 0 Å². The summed E-state index contributed by atoms with van der Waals surface area (Å²) in [6.45, 7) is 13.1. The SMILES string of the molecule is Cc1cc(-c2ccc(CP)c(C)c2)cc(-c2ccc(CP)c(CP)c2)c1.Cc1cc(-c2cccc(-c3ccc(CP)c(CP)c3)c2)ccc1P.Cc1cc(P)ccc1-c1ccc(C)c(-c2ccc(CP)c(CP)c2)c1.Cc1cc(P)ccc1-c1cccc(-c2ccc(CP)c(CP)c2)c1.PCc1ccc(-c2cccc(-c3ccc(P)cc3)c2)cc1CP. The number of hydrogen-bond donors (Lipinski definition) is 0. The van der Waals surface area contributed by atoms with Crippen LogP contribution >= 0.6 is 139 Å². The Bertz CT molecular complexity index is 6110. The van der Waals surface area contributed by atoms with Crippen LogP contribution in [0.4, 0.5) is 0 Å². The molecule has 15 atom stereocenters. The molecule has 0 nitrogen and oxygen atoms in total. The van der Waals surface area contributed by atoms with Crippen molar-refractivity contribution in [2.75, 3.05) is 0 Å². The van der Waals surface area contributed by atoms with Crippen LogP contribution in [0.1, 0.15) is 94.6 Å². The van der Waals surface area contributed by atoms with E-state index in [0.717, 1.165) is 67.8 Å². The Morgan fingerprint density at radius 2 is 0.418 bits per heavy atom. The number of aryl methyl sites for hydroxylation is 6. The zero-order valence-electron chi connectivity index (χ0n) is 71.2. The third kappa shape index (κ3) is 26.0. The first kappa shape index (κ1) is 97.4. The summed E-state index contributed by atoms with van der Waals surface area (Å²) >= 11 is 0. The summed E-state index contributed by atoms with van der Waals surface area (Å²) in [6.07, 6.45) is 11.0. The molecular weight excluding hydrogens is 1750 g/mol. The van der Waals surface area contributed by atoms with Gasteiger partial charge < -0.3 is 0 Å². The Kier molecular flexibility index (Phi) is 38.5. The average molecular weight is 1870 g/mol. The van der Waals surface area contributed by atoms with Crippen LogP contribution in [0.5, 0.6) is 0 Å². The molecule has 0 heterocycles. The van der Waals surface area contributed by atoms with E-state index >= 15 is 0 Å². The summed E-state index contributed by atoms with van der Waals surface area (Å²) in [5.74, 6) is 0. The Hall–Kier alpha value is -5.25. The Morgan fingerprint density at radius 3 is 0.795 bits per heavy atom. The molecule has 15 rings (SSSR count). The van der Waals surface area contributed by atoms with Crippen LogP contribution in [0.2, 0.25) is 0 Å². The fraction of sp³-hybridized carbons (Fsp3) is 0.159. The lowest BCUT2D eigenvalue weighted by Crippen LogP contribution is -1.95. The molecule has 0 N–H and O–H groups in total. The summed E-state index contributed by atoms with van der Waals surface area (Å²) < 4.78 is 0. The number of benzene rings is 15. The third-order valence-electron chi connectivity index (χ3n) is 22.6. The molecular formula is C107H119P15. The van der Waals surface area contributed by atoms with E-state index in [9.17, 15) is 0 Å². The number of hydrogen-bond acceptors (Lipinski definition) is 0. The predicted octanol–water partition coefficient (Wildman–Crippen LogP) is 29.1. The summed E-state index contributed by atoms with van der Waals surface area (Å²) in [7, 11) is 42.2. The van der Waals surface area contributed by atoms with Crippen LogP contribution in [-0.2, 0) is 67.8 Å². The van der Waals surface area contributed by atoms with Crippen LogP contribution in [-0.4, -0.2) is 0 Å². The van der Waals surface area contributed by atoms with Crippen LogP contribution in [0.15, 0.2) is 297 Å². The van der Waals surface area contributed by atoms with E-state index in [1.807, 2.05) is 0 Å². The molecule has 0 radical (unpaired) electrons. The molecule has 622 valence electrons. The van der Waals surface area contributed by atoms with E-state index in [-0.39, 0.29) is 0 Å². The first-order chi connectivity index (χ1) is 59.0. The Balaban J connectivity index is 0.000000149. The van der Waals surface area contributed by atoms with Crippen molar-refractivity contribution in [2.24, 2.45) is 0 Å². The van der Waals surface area contributed by atoms with E-state index in [0.29, 0.717) is 0 Å². The highest BCUT2D eigenvalue weighted by Crippen LogP contribution is 2.39. The van der Waals surface area contributed by atoms with E-state index in [2.05, 4.69) is 477 Å². The zero-order valence-corrected chi connectivity index (χ0v) is 88.5. The van der Waals surface area contributed by atoms with Crippen molar-refractivity contribution in [1.82, 2.24) is 0 Å². The molecule has 0 bridgehead atoms. The fourth-order valence-corrected chi connectivity index (χ4v) is 20.9. The van der Waals surface area contributed by atoms with Gasteiger partial charge in [0, 0.05) is 0 Å². The van der Waals surface area contributed by atoms with Crippen molar-refractivity contribution < 1.29 is 0 Å². The molecule has 0 aliphatic rings. The van der Waals surface area contributed by atoms with Crippen LogP contribution < -0.4 is 21.2 Å². The van der Waals surface area contributed by atoms with Gasteiger partial charge in [0.1, 0.15) is 0 Å². The molecule has 0 aliphatic heterocycles. The van der Waals surface area contributed by atoms with Gasteiger partial charge in [0.25, 0.3) is 0 Å². The molecule has 0 fully saturated rings. The highest BCUT2D eigenvalue weighted by atomic mass is 31.0. The van der Waals surface area contributed by atoms with E-state index in [1.165, 1.54) is 227 Å². The second-order valence-corrected chi connectivity index (χ2v) is 38.1. The standard InChI is InChI=1S/C23H27P3.C22H25P3.2C21H23P3.C20H21P3/c1-15-7-21(17-3-5-19(12-24)16(2)9-17)11-22(8-15)18-4-6-20(13-25)23(10-18)14-26;1-14-3-4-17(21-8-7-20(25)9-15(21)2)11-22(14)16-5-6-18(12-23)19(10-16)13-24;1-14-9-20(24)7-8-21(14)17-4-2-3-15(10-17)16-5-6-18(12-22)19(11-16)13-23;1-14-9-17(7-8-21(14)24)15-3-2-4-16(10-15)18-5-6-19(12-22)20(11-18)13-23;21-12-18-5-4-17(11-19(18)13-22)16-3-1-2-15(10-16)14-6-8-20(23)9-7-14/h3-11H,12-14,24-26H2,1-2H3;3-11H,12-13,23-25H2,1-2H3;2*2-11H,12-13,22-24H2,1H3;1-11H,12-13,21-23H2. The van der Waals surface area contributed by atoms with Crippen molar-refractivity contribution >= 4 is 160 Å². The number of rotatable bonds is 21. The second kappa shape index (κ2) is 48.2. The van der Waals surface area contributed by atoms with E-state index < -0.39 is 0 Å². The normalized spacial score (nSPS) is 10.9. The van der Waals surface area contributed by atoms with Crippen molar-refractivity contribution in [3.8, 4) is 111 Å².